The van der Waals surface area contributed by atoms with Crippen LogP contribution in [-0.4, -0.2) is 37.2 Å². The summed E-state index contributed by atoms with van der Waals surface area (Å²) in [5.74, 6) is -0.915. The minimum absolute atomic E-state index is 0.0855. The summed E-state index contributed by atoms with van der Waals surface area (Å²) in [4.78, 5) is 37.9. The van der Waals surface area contributed by atoms with E-state index in [-0.39, 0.29) is 37.5 Å². The third-order valence-corrected chi connectivity index (χ3v) is 11.2. The van der Waals surface area contributed by atoms with Gasteiger partial charge in [0.05, 0.1) is 0 Å². The van der Waals surface area contributed by atoms with Crippen LogP contribution in [0, 0.1) is 0 Å². The van der Waals surface area contributed by atoms with E-state index in [4.69, 9.17) is 14.2 Å². The highest BCUT2D eigenvalue weighted by Gasteiger charge is 2.19. The van der Waals surface area contributed by atoms with Crippen molar-refractivity contribution in [2.24, 2.45) is 0 Å². The molecule has 60 heavy (non-hydrogen) atoms. The summed E-state index contributed by atoms with van der Waals surface area (Å²) in [6, 6.07) is 0. The van der Waals surface area contributed by atoms with Crippen molar-refractivity contribution < 1.29 is 28.6 Å². The average Bonchev–Trinajstić information content (AvgIpc) is 3.24. The minimum Gasteiger partial charge on any atom is -0.462 e. The monoisotopic (exact) mass is 841 g/mol. The third kappa shape index (κ3) is 46.4. The predicted octanol–water partition coefficient (Wildman–Crippen LogP) is 16.7. The highest BCUT2D eigenvalue weighted by atomic mass is 16.6. The Bertz CT molecular complexity index is 1060. The van der Waals surface area contributed by atoms with E-state index in [9.17, 15) is 14.4 Å². The first kappa shape index (κ1) is 57.4. The van der Waals surface area contributed by atoms with Crippen LogP contribution in [-0.2, 0) is 28.6 Å². The fourth-order valence-electron chi connectivity index (χ4n) is 7.34. The van der Waals surface area contributed by atoms with Crippen LogP contribution in [0.5, 0.6) is 0 Å². The zero-order chi connectivity index (χ0) is 43.7. The molecule has 0 bridgehead atoms. The summed E-state index contributed by atoms with van der Waals surface area (Å²) in [6.45, 7) is 6.48. The lowest BCUT2D eigenvalue weighted by molar-refractivity contribution is -0.167. The zero-order valence-electron chi connectivity index (χ0n) is 39.7. The number of carbonyl (C=O) groups excluding carboxylic acids is 3. The Kier molecular flexibility index (Phi) is 46.9. The molecule has 0 radical (unpaired) electrons. The van der Waals surface area contributed by atoms with E-state index in [1.807, 2.05) is 30.4 Å². The molecule has 0 rings (SSSR count). The average molecular weight is 841 g/mol. The molecule has 6 nitrogen and oxygen atoms in total. The molecule has 0 N–H and O–H groups in total. The molecule has 348 valence electrons. The van der Waals surface area contributed by atoms with Crippen LogP contribution in [0.1, 0.15) is 258 Å². The molecule has 0 aromatic heterocycles. The second kappa shape index (κ2) is 49.0. The number of rotatable bonds is 46. The van der Waals surface area contributed by atoms with Crippen LogP contribution in [0.3, 0.4) is 0 Å². The molecule has 0 aliphatic carbocycles. The van der Waals surface area contributed by atoms with Crippen molar-refractivity contribution >= 4 is 17.9 Å². The fraction of sp³-hybridized carbons (Fsp3) is 0.796. The number of hydrogen-bond donors (Lipinski definition) is 0. The van der Waals surface area contributed by atoms with Gasteiger partial charge in [0.25, 0.3) is 0 Å². The molecule has 0 spiro atoms. The molecular weight excluding hydrogens is 745 g/mol. The summed E-state index contributed by atoms with van der Waals surface area (Å²) in [5, 5.41) is 0. The summed E-state index contributed by atoms with van der Waals surface area (Å²) < 4.78 is 16.8. The first-order valence-corrected chi connectivity index (χ1v) is 25.7. The van der Waals surface area contributed by atoms with E-state index in [1.54, 1.807) is 0 Å². The van der Waals surface area contributed by atoms with Gasteiger partial charge in [-0.3, -0.25) is 14.4 Å². The minimum atomic E-state index is -0.788. The number of ether oxygens (including phenoxy) is 3. The summed E-state index contributed by atoms with van der Waals surface area (Å²) in [7, 11) is 0. The van der Waals surface area contributed by atoms with Crippen LogP contribution in [0.25, 0.3) is 0 Å². The number of esters is 3. The molecule has 0 aromatic carbocycles. The van der Waals surface area contributed by atoms with Gasteiger partial charge >= 0.3 is 17.9 Å². The molecule has 0 amide bonds. The van der Waals surface area contributed by atoms with Gasteiger partial charge in [-0.25, -0.2) is 0 Å². The van der Waals surface area contributed by atoms with Crippen molar-refractivity contribution in [3.05, 3.63) is 48.6 Å². The van der Waals surface area contributed by atoms with Gasteiger partial charge in [-0.15, -0.1) is 0 Å². The zero-order valence-corrected chi connectivity index (χ0v) is 39.7. The number of allylic oxidation sites excluding steroid dienone is 8. The van der Waals surface area contributed by atoms with E-state index in [1.165, 1.54) is 148 Å². The maximum Gasteiger partial charge on any atom is 0.306 e. The molecule has 6 heteroatoms. The van der Waals surface area contributed by atoms with Crippen molar-refractivity contribution in [2.75, 3.05) is 13.2 Å². The van der Waals surface area contributed by atoms with Gasteiger partial charge in [-0.05, 0) is 38.5 Å². The van der Waals surface area contributed by atoms with Crippen LogP contribution >= 0.6 is 0 Å². The van der Waals surface area contributed by atoms with Gasteiger partial charge in [0, 0.05) is 19.3 Å². The van der Waals surface area contributed by atoms with Crippen molar-refractivity contribution in [2.45, 2.75) is 264 Å². The summed E-state index contributed by atoms with van der Waals surface area (Å²) >= 11 is 0. The number of hydrogen-bond acceptors (Lipinski definition) is 6. The Labute approximate surface area is 371 Å². The van der Waals surface area contributed by atoms with Gasteiger partial charge in [-0.1, -0.05) is 249 Å². The highest BCUT2D eigenvalue weighted by Crippen LogP contribution is 2.16. The molecule has 0 saturated heterocycles. The van der Waals surface area contributed by atoms with Crippen LogP contribution in [0.4, 0.5) is 0 Å². The van der Waals surface area contributed by atoms with Gasteiger partial charge in [0.1, 0.15) is 13.2 Å². The van der Waals surface area contributed by atoms with Crippen LogP contribution < -0.4 is 0 Å². The standard InChI is InChI=1S/C54H96O6/c1-4-7-10-13-16-19-22-25-26-27-30-32-35-38-41-44-47-53(56)59-50-51(60-54(57)48-45-42-39-36-33-29-24-21-18-15-12-9-6-3)49-58-52(55)46-43-40-37-34-31-28-23-20-17-14-11-8-5-2/h9,12,15,18,21,24,29,33,51H,4-8,10-11,13-14,16-17,19-20,22-23,25-28,30-32,34-50H2,1-3H3/b12-9-,18-15-,24-21-,33-29-. The second-order valence-corrected chi connectivity index (χ2v) is 17.2. The SMILES string of the molecule is CC\C=C/C=C\C=C/C=C\CCCCCC(=O)OC(COC(=O)CCCCCCCCCCCCCCC)COC(=O)CCCCCCCCCCCCCCCCCC. The van der Waals surface area contributed by atoms with Crippen LogP contribution in [0.2, 0.25) is 0 Å². The van der Waals surface area contributed by atoms with E-state index in [0.717, 1.165) is 70.6 Å². The molecular formula is C54H96O6. The van der Waals surface area contributed by atoms with E-state index < -0.39 is 6.10 Å². The lowest BCUT2D eigenvalue weighted by atomic mass is 10.0. The van der Waals surface area contributed by atoms with Crippen molar-refractivity contribution in [3.8, 4) is 0 Å². The molecule has 0 heterocycles. The van der Waals surface area contributed by atoms with Crippen molar-refractivity contribution in [1.29, 1.82) is 0 Å². The summed E-state index contributed by atoms with van der Waals surface area (Å²) in [6.07, 6.45) is 58.1. The topological polar surface area (TPSA) is 78.9 Å². The predicted molar refractivity (Wildman–Crippen MR) is 256 cm³/mol. The van der Waals surface area contributed by atoms with Crippen molar-refractivity contribution in [3.63, 3.8) is 0 Å². The van der Waals surface area contributed by atoms with E-state index in [0.29, 0.717) is 12.8 Å². The Hall–Kier alpha value is -2.63. The Balaban J connectivity index is 4.38. The maximum atomic E-state index is 12.8. The largest absolute Gasteiger partial charge is 0.462 e. The fourth-order valence-corrected chi connectivity index (χ4v) is 7.34. The van der Waals surface area contributed by atoms with Gasteiger partial charge in [-0.2, -0.15) is 0 Å². The van der Waals surface area contributed by atoms with Gasteiger partial charge < -0.3 is 14.2 Å². The molecule has 0 fully saturated rings. The van der Waals surface area contributed by atoms with Crippen LogP contribution in [0.15, 0.2) is 48.6 Å². The first-order valence-electron chi connectivity index (χ1n) is 25.7. The molecule has 1 atom stereocenters. The normalized spacial score (nSPS) is 12.4. The van der Waals surface area contributed by atoms with E-state index in [2.05, 4.69) is 39.0 Å². The van der Waals surface area contributed by atoms with E-state index >= 15 is 0 Å². The number of unbranched alkanes of at least 4 members (excludes halogenated alkanes) is 30. The molecule has 0 aliphatic heterocycles. The Morgan fingerprint density at radius 3 is 1.02 bits per heavy atom. The third-order valence-electron chi connectivity index (χ3n) is 11.2. The smallest absolute Gasteiger partial charge is 0.306 e. The van der Waals surface area contributed by atoms with Gasteiger partial charge in [0.2, 0.25) is 0 Å². The molecule has 0 aromatic rings. The van der Waals surface area contributed by atoms with Gasteiger partial charge in [0.15, 0.2) is 6.10 Å². The summed E-state index contributed by atoms with van der Waals surface area (Å²) in [5.41, 5.74) is 0. The van der Waals surface area contributed by atoms with Crippen molar-refractivity contribution in [1.82, 2.24) is 0 Å². The highest BCUT2D eigenvalue weighted by molar-refractivity contribution is 5.71. The second-order valence-electron chi connectivity index (χ2n) is 17.2. The number of carbonyl (C=O) groups is 3. The Morgan fingerprint density at radius 2 is 0.650 bits per heavy atom. The lowest BCUT2D eigenvalue weighted by Crippen LogP contribution is -2.30. The quantitative estimate of drug-likeness (QED) is 0.0263. The molecule has 1 unspecified atom stereocenters. The Morgan fingerprint density at radius 1 is 0.350 bits per heavy atom. The molecule has 0 saturated carbocycles. The molecule has 0 aliphatic rings. The lowest BCUT2D eigenvalue weighted by Gasteiger charge is -2.18. The first-order chi connectivity index (χ1) is 29.5. The maximum absolute atomic E-state index is 12.8.